The molecule has 0 aliphatic carbocycles. The summed E-state index contributed by atoms with van der Waals surface area (Å²) in [4.78, 5) is 3.95. The maximum Gasteiger partial charge on any atom is 0.123 e. The Bertz CT molecular complexity index is 451. The lowest BCUT2D eigenvalue weighted by Gasteiger charge is -2.03. The quantitative estimate of drug-likeness (QED) is 0.809. The molecule has 0 fully saturated rings. The van der Waals surface area contributed by atoms with Crippen molar-refractivity contribution < 1.29 is 4.74 Å². The van der Waals surface area contributed by atoms with Gasteiger partial charge in [0, 0.05) is 6.20 Å². The van der Waals surface area contributed by atoms with Crippen LogP contribution in [0.2, 0.25) is 0 Å². The number of nitrogen functional groups attached to an aromatic ring is 1. The molecule has 15 heavy (non-hydrogen) atoms. The predicted molar refractivity (Wildman–Crippen MR) is 60.6 cm³/mol. The molecule has 0 amide bonds. The van der Waals surface area contributed by atoms with Gasteiger partial charge in [0.2, 0.25) is 0 Å². The lowest BCUT2D eigenvalue weighted by molar-refractivity contribution is 0.415. The van der Waals surface area contributed by atoms with E-state index < -0.39 is 0 Å². The Balaban J connectivity index is 2.37. The Morgan fingerprint density at radius 2 is 1.80 bits per heavy atom. The molecule has 0 atom stereocenters. The van der Waals surface area contributed by atoms with E-state index in [1.54, 1.807) is 13.3 Å². The third-order valence-corrected chi connectivity index (χ3v) is 2.20. The fourth-order valence-electron chi connectivity index (χ4n) is 1.41. The third kappa shape index (κ3) is 2.07. The molecule has 0 aliphatic rings. The lowest BCUT2D eigenvalue weighted by atomic mass is 10.1. The first-order chi connectivity index (χ1) is 7.29. The topological polar surface area (TPSA) is 48.1 Å². The number of pyridine rings is 1. The van der Waals surface area contributed by atoms with Gasteiger partial charge in [0.15, 0.2) is 0 Å². The lowest BCUT2D eigenvalue weighted by Crippen LogP contribution is -1.89. The number of hydrogen-bond acceptors (Lipinski definition) is 3. The zero-order valence-corrected chi connectivity index (χ0v) is 8.47. The molecular weight excluding hydrogens is 188 g/mol. The maximum atomic E-state index is 5.62. The second-order valence-corrected chi connectivity index (χ2v) is 3.20. The molecule has 0 saturated heterocycles. The molecule has 0 aliphatic heterocycles. The van der Waals surface area contributed by atoms with Gasteiger partial charge in [-0.15, -0.1) is 0 Å². The first-order valence-corrected chi connectivity index (χ1v) is 4.65. The summed E-state index contributed by atoms with van der Waals surface area (Å²) in [6.07, 6.45) is 1.70. The zero-order chi connectivity index (χ0) is 10.7. The molecule has 3 nitrogen and oxygen atoms in total. The van der Waals surface area contributed by atoms with Crippen LogP contribution in [-0.2, 0) is 0 Å². The molecule has 1 aromatic heterocycles. The van der Waals surface area contributed by atoms with E-state index in [2.05, 4.69) is 4.98 Å². The standard InChI is InChI=1S/C12H12N2O/c1-15-11-4-2-9(3-5-11)10-6-7-14-12(13)8-10/h2-8H,1H3,(H2,13,14). The highest BCUT2D eigenvalue weighted by Gasteiger charge is 1.98. The van der Waals surface area contributed by atoms with E-state index >= 15 is 0 Å². The first kappa shape index (κ1) is 9.52. The average molecular weight is 200 g/mol. The third-order valence-electron chi connectivity index (χ3n) is 2.20. The summed E-state index contributed by atoms with van der Waals surface area (Å²) in [6.45, 7) is 0. The number of aromatic nitrogens is 1. The van der Waals surface area contributed by atoms with E-state index in [1.807, 2.05) is 36.4 Å². The summed E-state index contributed by atoms with van der Waals surface area (Å²) in [5.41, 5.74) is 7.78. The van der Waals surface area contributed by atoms with Gasteiger partial charge >= 0.3 is 0 Å². The molecule has 76 valence electrons. The van der Waals surface area contributed by atoms with Crippen LogP contribution >= 0.6 is 0 Å². The van der Waals surface area contributed by atoms with Crippen molar-refractivity contribution >= 4 is 5.82 Å². The van der Waals surface area contributed by atoms with Crippen LogP contribution in [0.4, 0.5) is 5.82 Å². The van der Waals surface area contributed by atoms with Crippen molar-refractivity contribution in [1.29, 1.82) is 0 Å². The Morgan fingerprint density at radius 3 is 2.40 bits per heavy atom. The summed E-state index contributed by atoms with van der Waals surface area (Å²) in [5.74, 6) is 1.38. The highest BCUT2D eigenvalue weighted by molar-refractivity contribution is 5.66. The van der Waals surface area contributed by atoms with Crippen LogP contribution in [0.25, 0.3) is 11.1 Å². The molecule has 2 aromatic rings. The summed E-state index contributed by atoms with van der Waals surface area (Å²) >= 11 is 0. The van der Waals surface area contributed by atoms with E-state index in [1.165, 1.54) is 0 Å². The minimum Gasteiger partial charge on any atom is -0.497 e. The summed E-state index contributed by atoms with van der Waals surface area (Å²) in [6, 6.07) is 11.6. The minimum absolute atomic E-state index is 0.531. The number of nitrogens with two attached hydrogens (primary N) is 1. The smallest absolute Gasteiger partial charge is 0.123 e. The van der Waals surface area contributed by atoms with Crippen molar-refractivity contribution in [2.24, 2.45) is 0 Å². The molecule has 0 radical (unpaired) electrons. The molecule has 2 N–H and O–H groups in total. The van der Waals surface area contributed by atoms with Gasteiger partial charge in [-0.1, -0.05) is 12.1 Å². The van der Waals surface area contributed by atoms with E-state index in [-0.39, 0.29) is 0 Å². The molecule has 0 spiro atoms. The summed E-state index contributed by atoms with van der Waals surface area (Å²) in [5, 5.41) is 0. The predicted octanol–water partition coefficient (Wildman–Crippen LogP) is 2.34. The highest BCUT2D eigenvalue weighted by atomic mass is 16.5. The SMILES string of the molecule is COc1ccc(-c2ccnc(N)c2)cc1. The Hall–Kier alpha value is -2.03. The summed E-state index contributed by atoms with van der Waals surface area (Å²) in [7, 11) is 1.65. The number of anilines is 1. The molecule has 0 saturated carbocycles. The Kier molecular flexibility index (Phi) is 2.54. The van der Waals surface area contributed by atoms with E-state index in [4.69, 9.17) is 10.5 Å². The fraction of sp³-hybridized carbons (Fsp3) is 0.0833. The monoisotopic (exact) mass is 200 g/mol. The number of methoxy groups -OCH3 is 1. The highest BCUT2D eigenvalue weighted by Crippen LogP contribution is 2.22. The number of rotatable bonds is 2. The van der Waals surface area contributed by atoms with Gasteiger partial charge in [-0.25, -0.2) is 4.98 Å². The molecule has 0 bridgehead atoms. The van der Waals surface area contributed by atoms with E-state index in [9.17, 15) is 0 Å². The molecule has 0 unspecified atom stereocenters. The number of hydrogen-bond donors (Lipinski definition) is 1. The van der Waals surface area contributed by atoms with E-state index in [0.29, 0.717) is 5.82 Å². The fourth-order valence-corrected chi connectivity index (χ4v) is 1.41. The maximum absolute atomic E-state index is 5.62. The van der Waals surface area contributed by atoms with Gasteiger partial charge in [-0.05, 0) is 35.4 Å². The second kappa shape index (κ2) is 4.00. The van der Waals surface area contributed by atoms with Crippen molar-refractivity contribution in [2.75, 3.05) is 12.8 Å². The molecule has 1 aromatic carbocycles. The number of benzene rings is 1. The van der Waals surface area contributed by atoms with Crippen LogP contribution in [0.15, 0.2) is 42.6 Å². The van der Waals surface area contributed by atoms with Gasteiger partial charge in [-0.3, -0.25) is 0 Å². The number of nitrogens with zero attached hydrogens (tertiary/aromatic N) is 1. The largest absolute Gasteiger partial charge is 0.497 e. The van der Waals surface area contributed by atoms with Gasteiger partial charge in [-0.2, -0.15) is 0 Å². The van der Waals surface area contributed by atoms with Crippen LogP contribution in [0.3, 0.4) is 0 Å². The molecule has 2 rings (SSSR count). The minimum atomic E-state index is 0.531. The first-order valence-electron chi connectivity index (χ1n) is 4.65. The van der Waals surface area contributed by atoms with Crippen LogP contribution < -0.4 is 10.5 Å². The zero-order valence-electron chi connectivity index (χ0n) is 8.47. The Morgan fingerprint density at radius 1 is 1.07 bits per heavy atom. The van der Waals surface area contributed by atoms with Crippen LogP contribution in [0, 0.1) is 0 Å². The van der Waals surface area contributed by atoms with Crippen LogP contribution in [0.1, 0.15) is 0 Å². The molecule has 3 heteroatoms. The average Bonchev–Trinajstić information content (AvgIpc) is 2.29. The van der Waals surface area contributed by atoms with Crippen molar-refractivity contribution in [1.82, 2.24) is 4.98 Å². The van der Waals surface area contributed by atoms with Crippen LogP contribution in [-0.4, -0.2) is 12.1 Å². The van der Waals surface area contributed by atoms with E-state index in [0.717, 1.165) is 16.9 Å². The number of ether oxygens (including phenoxy) is 1. The van der Waals surface area contributed by atoms with Gasteiger partial charge in [0.25, 0.3) is 0 Å². The van der Waals surface area contributed by atoms with Gasteiger partial charge in [0.1, 0.15) is 11.6 Å². The molecular formula is C12H12N2O. The van der Waals surface area contributed by atoms with Crippen molar-refractivity contribution in [2.45, 2.75) is 0 Å². The van der Waals surface area contributed by atoms with Crippen molar-refractivity contribution in [3.05, 3.63) is 42.6 Å². The Labute approximate surface area is 88.5 Å². The van der Waals surface area contributed by atoms with Gasteiger partial charge < -0.3 is 10.5 Å². The summed E-state index contributed by atoms with van der Waals surface area (Å²) < 4.78 is 5.09. The van der Waals surface area contributed by atoms with Crippen molar-refractivity contribution in [3.63, 3.8) is 0 Å². The molecule has 1 heterocycles. The van der Waals surface area contributed by atoms with Gasteiger partial charge in [0.05, 0.1) is 7.11 Å². The van der Waals surface area contributed by atoms with Crippen molar-refractivity contribution in [3.8, 4) is 16.9 Å². The second-order valence-electron chi connectivity index (χ2n) is 3.20. The van der Waals surface area contributed by atoms with Crippen LogP contribution in [0.5, 0.6) is 5.75 Å². The normalized spacial score (nSPS) is 9.93.